The Morgan fingerprint density at radius 3 is 2.50 bits per heavy atom. The normalized spacial score (nSPS) is 11.5. The molecule has 0 radical (unpaired) electrons. The van der Waals surface area contributed by atoms with Crippen molar-refractivity contribution < 1.29 is 8.42 Å². The van der Waals surface area contributed by atoms with Crippen molar-refractivity contribution in [3.8, 4) is 0 Å². The highest BCUT2D eigenvalue weighted by Crippen LogP contribution is 2.15. The van der Waals surface area contributed by atoms with Crippen LogP contribution >= 0.6 is 0 Å². The second-order valence-electron chi connectivity index (χ2n) is 4.35. The van der Waals surface area contributed by atoms with Crippen LogP contribution in [0.5, 0.6) is 0 Å². The summed E-state index contributed by atoms with van der Waals surface area (Å²) in [6, 6.07) is 6.65. The summed E-state index contributed by atoms with van der Waals surface area (Å²) in [4.78, 5) is 7.46. The van der Waals surface area contributed by atoms with Crippen LogP contribution in [-0.4, -0.2) is 24.9 Å². The molecule has 0 unspecified atom stereocenters. The molecule has 0 aliphatic carbocycles. The van der Waals surface area contributed by atoms with Gasteiger partial charge in [-0.2, -0.15) is 0 Å². The van der Waals surface area contributed by atoms with Crippen LogP contribution in [0.15, 0.2) is 35.5 Å². The van der Waals surface area contributed by atoms with Crippen LogP contribution in [0.2, 0.25) is 0 Å². The van der Waals surface area contributed by atoms with Crippen molar-refractivity contribution in [1.29, 1.82) is 0 Å². The zero-order valence-electron chi connectivity index (χ0n) is 11.5. The monoisotopic (exact) mass is 294 g/mol. The number of anilines is 1. The molecule has 1 aromatic carbocycles. The van der Waals surface area contributed by atoms with Gasteiger partial charge >= 0.3 is 0 Å². The second kappa shape index (κ2) is 6.06. The maximum Gasteiger partial charge on any atom is 0.240 e. The summed E-state index contributed by atoms with van der Waals surface area (Å²) in [6.07, 6.45) is 1.65. The molecule has 0 bridgehead atoms. The third kappa shape index (κ3) is 3.37. The molecule has 2 aromatic rings. The number of imidazole rings is 1. The molecule has 0 saturated carbocycles. The SMILES string of the molecule is CCNS(=O)(=O)c1ccc(NCc2nc[nH]c2C)cc1. The van der Waals surface area contributed by atoms with Gasteiger partial charge in [0.1, 0.15) is 0 Å². The summed E-state index contributed by atoms with van der Waals surface area (Å²) in [6.45, 7) is 4.67. The Labute approximate surface area is 118 Å². The van der Waals surface area contributed by atoms with Gasteiger partial charge in [0.2, 0.25) is 10.0 Å². The lowest BCUT2D eigenvalue weighted by atomic mass is 10.3. The van der Waals surface area contributed by atoms with Gasteiger partial charge in [0.25, 0.3) is 0 Å². The van der Waals surface area contributed by atoms with Crippen molar-refractivity contribution in [2.24, 2.45) is 0 Å². The molecule has 108 valence electrons. The minimum absolute atomic E-state index is 0.265. The molecule has 0 spiro atoms. The summed E-state index contributed by atoms with van der Waals surface area (Å²) in [5.74, 6) is 0. The summed E-state index contributed by atoms with van der Waals surface area (Å²) < 4.78 is 26.0. The Kier molecular flexibility index (Phi) is 4.41. The van der Waals surface area contributed by atoms with E-state index in [-0.39, 0.29) is 4.90 Å². The maximum atomic E-state index is 11.8. The summed E-state index contributed by atoms with van der Waals surface area (Å²) >= 11 is 0. The number of aryl methyl sites for hydroxylation is 1. The number of rotatable bonds is 6. The molecule has 0 amide bonds. The number of aromatic nitrogens is 2. The van der Waals surface area contributed by atoms with Gasteiger partial charge in [-0.1, -0.05) is 6.92 Å². The molecule has 6 nitrogen and oxygen atoms in total. The second-order valence-corrected chi connectivity index (χ2v) is 6.12. The number of hydrogen-bond acceptors (Lipinski definition) is 4. The first-order valence-corrected chi connectivity index (χ1v) is 7.83. The van der Waals surface area contributed by atoms with Gasteiger partial charge in [-0.15, -0.1) is 0 Å². The Morgan fingerprint density at radius 1 is 1.25 bits per heavy atom. The fourth-order valence-electron chi connectivity index (χ4n) is 1.78. The predicted octanol–water partition coefficient (Wildman–Crippen LogP) is 1.63. The van der Waals surface area contributed by atoms with Gasteiger partial charge in [0.05, 0.1) is 23.5 Å². The van der Waals surface area contributed by atoms with Gasteiger partial charge in [-0.3, -0.25) is 0 Å². The molecule has 0 aliphatic rings. The number of benzene rings is 1. The van der Waals surface area contributed by atoms with E-state index in [1.165, 1.54) is 0 Å². The quantitative estimate of drug-likeness (QED) is 0.755. The first kappa shape index (κ1) is 14.5. The number of nitrogens with one attached hydrogen (secondary N) is 3. The molecule has 2 rings (SSSR count). The van der Waals surface area contributed by atoms with Gasteiger partial charge in [-0.05, 0) is 31.2 Å². The van der Waals surface area contributed by atoms with E-state index in [4.69, 9.17) is 0 Å². The third-order valence-corrected chi connectivity index (χ3v) is 4.45. The van der Waals surface area contributed by atoms with Crippen molar-refractivity contribution >= 4 is 15.7 Å². The molecule has 1 aromatic heterocycles. The minimum atomic E-state index is -3.39. The molecular weight excluding hydrogens is 276 g/mol. The minimum Gasteiger partial charge on any atom is -0.379 e. The van der Waals surface area contributed by atoms with Crippen LogP contribution in [0, 0.1) is 6.92 Å². The fraction of sp³-hybridized carbons (Fsp3) is 0.308. The molecule has 0 saturated heterocycles. The van der Waals surface area contributed by atoms with Crippen LogP contribution in [0.4, 0.5) is 5.69 Å². The first-order chi connectivity index (χ1) is 9.53. The lowest BCUT2D eigenvalue weighted by Gasteiger charge is -2.08. The maximum absolute atomic E-state index is 11.8. The Morgan fingerprint density at radius 2 is 1.95 bits per heavy atom. The molecule has 20 heavy (non-hydrogen) atoms. The van der Waals surface area contributed by atoms with Gasteiger partial charge in [0, 0.05) is 17.9 Å². The highest BCUT2D eigenvalue weighted by molar-refractivity contribution is 7.89. The molecule has 3 N–H and O–H groups in total. The fourth-order valence-corrected chi connectivity index (χ4v) is 2.82. The molecule has 1 heterocycles. The van der Waals surface area contributed by atoms with E-state index in [1.54, 1.807) is 37.5 Å². The van der Waals surface area contributed by atoms with E-state index in [0.717, 1.165) is 17.1 Å². The zero-order valence-corrected chi connectivity index (χ0v) is 12.3. The first-order valence-electron chi connectivity index (χ1n) is 6.35. The number of sulfonamides is 1. The Hall–Kier alpha value is -1.86. The Bertz CT molecular complexity index is 662. The number of H-pyrrole nitrogens is 1. The highest BCUT2D eigenvalue weighted by atomic mass is 32.2. The predicted molar refractivity (Wildman–Crippen MR) is 78.0 cm³/mol. The van der Waals surface area contributed by atoms with Crippen LogP contribution in [0.1, 0.15) is 18.3 Å². The highest BCUT2D eigenvalue weighted by Gasteiger charge is 2.11. The standard InChI is InChI=1S/C13H18N4O2S/c1-3-17-20(18,19)12-6-4-11(5-7-12)14-8-13-10(2)15-9-16-13/h4-7,9,14,17H,3,8H2,1-2H3,(H,15,16). The van der Waals surface area contributed by atoms with Crippen molar-refractivity contribution in [2.45, 2.75) is 25.3 Å². The van der Waals surface area contributed by atoms with E-state index >= 15 is 0 Å². The average molecular weight is 294 g/mol. The number of hydrogen-bond donors (Lipinski definition) is 3. The van der Waals surface area contributed by atoms with Crippen LogP contribution in [-0.2, 0) is 16.6 Å². The van der Waals surface area contributed by atoms with Gasteiger partial charge in [-0.25, -0.2) is 18.1 Å². The lowest BCUT2D eigenvalue weighted by molar-refractivity contribution is 0.584. The average Bonchev–Trinajstić information content (AvgIpc) is 2.82. The van der Waals surface area contributed by atoms with E-state index in [1.807, 2.05) is 6.92 Å². The van der Waals surface area contributed by atoms with Crippen LogP contribution in [0.25, 0.3) is 0 Å². The van der Waals surface area contributed by atoms with Crippen molar-refractivity contribution in [2.75, 3.05) is 11.9 Å². The van der Waals surface area contributed by atoms with E-state index in [9.17, 15) is 8.42 Å². The van der Waals surface area contributed by atoms with Crippen molar-refractivity contribution in [3.63, 3.8) is 0 Å². The van der Waals surface area contributed by atoms with Gasteiger partial charge in [0.15, 0.2) is 0 Å². The van der Waals surface area contributed by atoms with Gasteiger partial charge < -0.3 is 10.3 Å². The summed E-state index contributed by atoms with van der Waals surface area (Å²) in [5.41, 5.74) is 2.81. The summed E-state index contributed by atoms with van der Waals surface area (Å²) in [7, 11) is -3.39. The third-order valence-electron chi connectivity index (χ3n) is 2.89. The van der Waals surface area contributed by atoms with Crippen LogP contribution in [0.3, 0.4) is 0 Å². The zero-order chi connectivity index (χ0) is 14.6. The van der Waals surface area contributed by atoms with E-state index in [0.29, 0.717) is 13.1 Å². The van der Waals surface area contributed by atoms with E-state index < -0.39 is 10.0 Å². The van der Waals surface area contributed by atoms with Crippen molar-refractivity contribution in [3.05, 3.63) is 42.0 Å². The van der Waals surface area contributed by atoms with E-state index in [2.05, 4.69) is 20.0 Å². The molecule has 7 heteroatoms. The lowest BCUT2D eigenvalue weighted by Crippen LogP contribution is -2.23. The van der Waals surface area contributed by atoms with Crippen molar-refractivity contribution in [1.82, 2.24) is 14.7 Å². The molecule has 0 atom stereocenters. The van der Waals surface area contributed by atoms with Crippen LogP contribution < -0.4 is 10.0 Å². The molecule has 0 fully saturated rings. The topological polar surface area (TPSA) is 86.9 Å². The smallest absolute Gasteiger partial charge is 0.240 e. The molecular formula is C13H18N4O2S. The largest absolute Gasteiger partial charge is 0.379 e. The summed E-state index contributed by atoms with van der Waals surface area (Å²) in [5, 5.41) is 3.20. The number of nitrogens with zero attached hydrogens (tertiary/aromatic N) is 1. The number of aromatic amines is 1. The Balaban J connectivity index is 2.04. The molecule has 0 aliphatic heterocycles.